The van der Waals surface area contributed by atoms with Crippen molar-refractivity contribution in [2.24, 2.45) is 0 Å². The van der Waals surface area contributed by atoms with E-state index in [2.05, 4.69) is 43.2 Å². The van der Waals surface area contributed by atoms with Gasteiger partial charge in [-0.1, -0.05) is 6.07 Å². The SMILES string of the molecule is Cc1cc(C)c(-c2csc(NC(=O)c3ccc(S(=O)(=O)N4CCCC4)cc3)n2)cc1C. The molecule has 0 spiro atoms. The van der Waals surface area contributed by atoms with E-state index in [0.29, 0.717) is 23.8 Å². The van der Waals surface area contributed by atoms with Crippen LogP contribution >= 0.6 is 11.3 Å². The molecular weight excluding hydrogens is 430 g/mol. The molecule has 8 heteroatoms. The number of hydrogen-bond donors (Lipinski definition) is 1. The fourth-order valence-electron chi connectivity index (χ4n) is 3.72. The van der Waals surface area contributed by atoms with Gasteiger partial charge in [-0.25, -0.2) is 13.4 Å². The van der Waals surface area contributed by atoms with Crippen LogP contribution in [0.2, 0.25) is 0 Å². The lowest BCUT2D eigenvalue weighted by atomic mass is 9.99. The molecule has 2 heterocycles. The second kappa shape index (κ2) is 8.53. The number of anilines is 1. The number of thiazole rings is 1. The molecule has 1 saturated heterocycles. The molecule has 0 bridgehead atoms. The van der Waals surface area contributed by atoms with Gasteiger partial charge in [-0.15, -0.1) is 11.3 Å². The summed E-state index contributed by atoms with van der Waals surface area (Å²) in [6, 6.07) is 10.3. The maximum atomic E-state index is 12.6. The van der Waals surface area contributed by atoms with Crippen LogP contribution in [0.1, 0.15) is 39.9 Å². The molecule has 1 aliphatic heterocycles. The minimum Gasteiger partial charge on any atom is -0.298 e. The van der Waals surface area contributed by atoms with E-state index in [0.717, 1.165) is 29.7 Å². The highest BCUT2D eigenvalue weighted by Gasteiger charge is 2.27. The molecule has 31 heavy (non-hydrogen) atoms. The molecular formula is C23H25N3O3S2. The molecule has 3 aromatic rings. The van der Waals surface area contributed by atoms with Gasteiger partial charge < -0.3 is 0 Å². The lowest BCUT2D eigenvalue weighted by Crippen LogP contribution is -2.27. The van der Waals surface area contributed by atoms with Crippen molar-refractivity contribution in [2.45, 2.75) is 38.5 Å². The first-order chi connectivity index (χ1) is 14.8. The van der Waals surface area contributed by atoms with Crippen LogP contribution in [0, 0.1) is 20.8 Å². The summed E-state index contributed by atoms with van der Waals surface area (Å²) in [6.45, 7) is 7.31. The minimum absolute atomic E-state index is 0.215. The summed E-state index contributed by atoms with van der Waals surface area (Å²) in [7, 11) is -3.49. The molecule has 0 saturated carbocycles. The van der Waals surface area contributed by atoms with Crippen LogP contribution in [-0.4, -0.2) is 36.7 Å². The number of aryl methyl sites for hydroxylation is 3. The Balaban J connectivity index is 1.49. The van der Waals surface area contributed by atoms with Crippen LogP contribution < -0.4 is 5.32 Å². The first-order valence-electron chi connectivity index (χ1n) is 10.2. The van der Waals surface area contributed by atoms with Crippen LogP contribution in [0.3, 0.4) is 0 Å². The van der Waals surface area contributed by atoms with Crippen LogP contribution in [0.5, 0.6) is 0 Å². The number of nitrogens with one attached hydrogen (secondary N) is 1. The number of carbonyl (C=O) groups is 1. The topological polar surface area (TPSA) is 79.4 Å². The molecule has 1 amide bonds. The fourth-order valence-corrected chi connectivity index (χ4v) is 5.94. The first kappa shape index (κ1) is 21.7. The summed E-state index contributed by atoms with van der Waals surface area (Å²) in [6.07, 6.45) is 1.77. The molecule has 6 nitrogen and oxygen atoms in total. The molecule has 1 aromatic heterocycles. The molecule has 2 aromatic carbocycles. The fraction of sp³-hybridized carbons (Fsp3) is 0.304. The zero-order chi connectivity index (χ0) is 22.2. The van der Waals surface area contributed by atoms with Gasteiger partial charge in [0.05, 0.1) is 10.6 Å². The van der Waals surface area contributed by atoms with Crippen molar-refractivity contribution < 1.29 is 13.2 Å². The highest BCUT2D eigenvalue weighted by atomic mass is 32.2. The summed E-state index contributed by atoms with van der Waals surface area (Å²) < 4.78 is 26.8. The quantitative estimate of drug-likeness (QED) is 0.601. The van der Waals surface area contributed by atoms with E-state index in [9.17, 15) is 13.2 Å². The molecule has 1 N–H and O–H groups in total. The Bertz CT molecular complexity index is 1230. The maximum absolute atomic E-state index is 12.6. The number of aromatic nitrogens is 1. The average Bonchev–Trinajstić information content (AvgIpc) is 3.43. The van der Waals surface area contributed by atoms with Gasteiger partial charge >= 0.3 is 0 Å². The number of hydrogen-bond acceptors (Lipinski definition) is 5. The van der Waals surface area contributed by atoms with Crippen molar-refractivity contribution in [3.8, 4) is 11.3 Å². The predicted octanol–water partition coefficient (Wildman–Crippen LogP) is 4.77. The number of nitrogens with zero attached hydrogens (tertiary/aromatic N) is 2. The molecule has 0 atom stereocenters. The van der Waals surface area contributed by atoms with E-state index in [-0.39, 0.29) is 10.8 Å². The third-order valence-corrected chi connectivity index (χ3v) is 8.33. The standard InChI is InChI=1S/C23H25N3O3S2/c1-15-12-17(3)20(13-16(15)2)21-14-30-23(24-21)25-22(27)18-6-8-19(9-7-18)31(28,29)26-10-4-5-11-26/h6-9,12-14H,4-5,10-11H2,1-3H3,(H,24,25,27). The van der Waals surface area contributed by atoms with Crippen molar-refractivity contribution in [1.29, 1.82) is 0 Å². The van der Waals surface area contributed by atoms with Crippen LogP contribution in [0.25, 0.3) is 11.3 Å². The monoisotopic (exact) mass is 455 g/mol. The minimum atomic E-state index is -3.49. The van der Waals surface area contributed by atoms with Crippen LogP contribution in [0.15, 0.2) is 46.7 Å². The Kier molecular flexibility index (Phi) is 5.96. The van der Waals surface area contributed by atoms with Gasteiger partial charge in [-0.05, 0) is 80.6 Å². The normalized spacial score (nSPS) is 14.7. The molecule has 1 fully saturated rings. The molecule has 0 radical (unpaired) electrons. The third-order valence-electron chi connectivity index (χ3n) is 5.66. The van der Waals surface area contributed by atoms with Gasteiger partial charge in [0.1, 0.15) is 0 Å². The highest BCUT2D eigenvalue weighted by molar-refractivity contribution is 7.89. The molecule has 1 aliphatic rings. The lowest BCUT2D eigenvalue weighted by Gasteiger charge is -2.15. The Morgan fingerprint density at radius 1 is 1.00 bits per heavy atom. The number of benzene rings is 2. The smallest absolute Gasteiger partial charge is 0.257 e. The highest BCUT2D eigenvalue weighted by Crippen LogP contribution is 2.30. The molecule has 0 unspecified atom stereocenters. The number of sulfonamides is 1. The Hall–Kier alpha value is -2.55. The first-order valence-corrected chi connectivity index (χ1v) is 12.5. The van der Waals surface area contributed by atoms with E-state index < -0.39 is 10.0 Å². The van der Waals surface area contributed by atoms with E-state index >= 15 is 0 Å². The Morgan fingerprint density at radius 2 is 1.65 bits per heavy atom. The Labute approximate surface area is 187 Å². The second-order valence-electron chi connectivity index (χ2n) is 7.88. The molecule has 4 rings (SSSR count). The molecule has 0 aliphatic carbocycles. The van der Waals surface area contributed by atoms with Crippen LogP contribution in [-0.2, 0) is 10.0 Å². The number of amides is 1. The van der Waals surface area contributed by atoms with Crippen molar-refractivity contribution in [3.63, 3.8) is 0 Å². The zero-order valence-electron chi connectivity index (χ0n) is 17.8. The van der Waals surface area contributed by atoms with Crippen molar-refractivity contribution >= 4 is 32.4 Å². The average molecular weight is 456 g/mol. The Morgan fingerprint density at radius 3 is 2.32 bits per heavy atom. The van der Waals surface area contributed by atoms with Crippen molar-refractivity contribution in [3.05, 3.63) is 64.0 Å². The summed E-state index contributed by atoms with van der Waals surface area (Å²) in [4.78, 5) is 17.4. The van der Waals surface area contributed by atoms with E-state index in [1.165, 1.54) is 38.9 Å². The molecule has 162 valence electrons. The van der Waals surface area contributed by atoms with Gasteiger partial charge in [-0.3, -0.25) is 10.1 Å². The van der Waals surface area contributed by atoms with Crippen molar-refractivity contribution in [2.75, 3.05) is 18.4 Å². The summed E-state index contributed by atoms with van der Waals surface area (Å²) >= 11 is 1.36. The zero-order valence-corrected chi connectivity index (χ0v) is 19.4. The second-order valence-corrected chi connectivity index (χ2v) is 10.7. The van der Waals surface area contributed by atoms with E-state index in [4.69, 9.17) is 0 Å². The number of carbonyl (C=O) groups excluding carboxylic acids is 1. The van der Waals surface area contributed by atoms with Gasteiger partial charge in [0.2, 0.25) is 10.0 Å². The van der Waals surface area contributed by atoms with Gasteiger partial charge in [0.15, 0.2) is 5.13 Å². The van der Waals surface area contributed by atoms with E-state index in [1.54, 1.807) is 12.1 Å². The van der Waals surface area contributed by atoms with Gasteiger partial charge in [0.25, 0.3) is 5.91 Å². The largest absolute Gasteiger partial charge is 0.298 e. The van der Waals surface area contributed by atoms with Crippen LogP contribution in [0.4, 0.5) is 5.13 Å². The number of rotatable bonds is 5. The van der Waals surface area contributed by atoms with Gasteiger partial charge in [-0.2, -0.15) is 4.31 Å². The van der Waals surface area contributed by atoms with E-state index in [1.807, 2.05) is 5.38 Å². The van der Waals surface area contributed by atoms with Gasteiger partial charge in [0, 0.05) is 29.6 Å². The maximum Gasteiger partial charge on any atom is 0.257 e. The summed E-state index contributed by atoms with van der Waals surface area (Å²) in [5, 5.41) is 5.25. The summed E-state index contributed by atoms with van der Waals surface area (Å²) in [5.74, 6) is -0.317. The summed E-state index contributed by atoms with van der Waals surface area (Å²) in [5.41, 5.74) is 5.84. The third kappa shape index (κ3) is 4.42. The predicted molar refractivity (Wildman–Crippen MR) is 124 cm³/mol. The van der Waals surface area contributed by atoms with Crippen molar-refractivity contribution in [1.82, 2.24) is 9.29 Å². The lowest BCUT2D eigenvalue weighted by molar-refractivity contribution is 0.102.